The lowest BCUT2D eigenvalue weighted by Gasteiger charge is -2.23. The molecule has 0 bridgehead atoms. The number of phosphoric ester groups is 1. The Morgan fingerprint density at radius 2 is 2.19 bits per heavy atom. The molecule has 2 aromatic heterocycles. The van der Waals surface area contributed by atoms with Crippen molar-refractivity contribution < 1.29 is 38.4 Å². The largest absolute Gasteiger partial charge is 0.489 e. The Kier molecular flexibility index (Phi) is 5.93. The number of fused-ring (bicyclic) bond motifs is 1. The lowest BCUT2D eigenvalue weighted by atomic mass is 10.1. The van der Waals surface area contributed by atoms with Crippen LogP contribution in [0.1, 0.15) is 19.1 Å². The normalized spacial score (nSPS) is 31.3. The van der Waals surface area contributed by atoms with Crippen molar-refractivity contribution in [3.63, 3.8) is 0 Å². The molecule has 15 nitrogen and oxygen atoms in total. The molecule has 0 saturated carbocycles. The first-order valence-corrected chi connectivity index (χ1v) is 10.8. The van der Waals surface area contributed by atoms with Gasteiger partial charge in [-0.3, -0.25) is 18.9 Å². The van der Waals surface area contributed by atoms with Gasteiger partial charge in [-0.1, -0.05) is 0 Å². The minimum absolute atomic E-state index is 0.0177. The highest BCUT2D eigenvalue weighted by Crippen LogP contribution is 2.46. The fourth-order valence-corrected chi connectivity index (χ4v) is 4.40. The molecule has 2 unspecified atom stereocenters. The van der Waals surface area contributed by atoms with Gasteiger partial charge in [0, 0.05) is 6.54 Å². The van der Waals surface area contributed by atoms with Crippen LogP contribution in [0, 0.1) is 0 Å². The van der Waals surface area contributed by atoms with E-state index in [1.165, 1.54) is 10.9 Å². The van der Waals surface area contributed by atoms with E-state index in [1.807, 2.05) is 0 Å². The van der Waals surface area contributed by atoms with E-state index in [9.17, 15) is 29.3 Å². The summed E-state index contributed by atoms with van der Waals surface area (Å²) in [5, 5.41) is 21.8. The standard InChI is InChI=1S/C15H21N6O9P/c16-15-18-12-9(13(25)19-15)17-6-20(12)14-11(24)10(23)8(29-14)5-28-31(26,27)30-21-3-1-2-7(21)4-22/h4,6-8,10-11,14,23-24H,1-3,5H2,(H,26,27)(H3,16,18,19,25)/t7-,8+,10-,11?,14+/m0/s1. The van der Waals surface area contributed by atoms with Gasteiger partial charge >= 0.3 is 7.82 Å². The van der Waals surface area contributed by atoms with Gasteiger partial charge in [0.2, 0.25) is 5.95 Å². The second kappa shape index (κ2) is 8.37. The van der Waals surface area contributed by atoms with Crippen molar-refractivity contribution in [2.24, 2.45) is 0 Å². The molecule has 0 aromatic carbocycles. The van der Waals surface area contributed by atoms with Crippen LogP contribution in [0.4, 0.5) is 5.95 Å². The fraction of sp³-hybridized carbons (Fsp3) is 0.600. The van der Waals surface area contributed by atoms with Gasteiger partial charge < -0.3 is 30.4 Å². The summed E-state index contributed by atoms with van der Waals surface area (Å²) < 4.78 is 28.8. The Labute approximate surface area is 173 Å². The number of nitrogens with two attached hydrogens (primary N) is 1. The number of aliphatic hydroxyl groups excluding tert-OH is 2. The molecule has 31 heavy (non-hydrogen) atoms. The number of anilines is 1. The maximum absolute atomic E-state index is 12.2. The second-order valence-corrected chi connectivity index (χ2v) is 8.51. The number of nitrogen functional groups attached to an aromatic ring is 1. The van der Waals surface area contributed by atoms with Gasteiger partial charge in [0.1, 0.15) is 24.6 Å². The number of imidazole rings is 1. The van der Waals surface area contributed by atoms with Crippen molar-refractivity contribution in [3.8, 4) is 0 Å². The monoisotopic (exact) mass is 460 g/mol. The van der Waals surface area contributed by atoms with Crippen LogP contribution in [0.2, 0.25) is 0 Å². The van der Waals surface area contributed by atoms with Crippen LogP contribution in [0.25, 0.3) is 11.2 Å². The molecular weight excluding hydrogens is 439 g/mol. The zero-order valence-electron chi connectivity index (χ0n) is 16.0. The van der Waals surface area contributed by atoms with Crippen molar-refractivity contribution in [3.05, 3.63) is 16.7 Å². The molecule has 0 radical (unpaired) electrons. The number of hydroxylamine groups is 2. The minimum atomic E-state index is -4.62. The number of nitrogens with zero attached hydrogens (tertiary/aromatic N) is 4. The summed E-state index contributed by atoms with van der Waals surface area (Å²) in [6, 6.07) is -0.652. The Morgan fingerprint density at radius 1 is 1.42 bits per heavy atom. The molecular formula is C15H21N6O9P. The van der Waals surface area contributed by atoms with Crippen molar-refractivity contribution in [2.45, 2.75) is 43.4 Å². The van der Waals surface area contributed by atoms with E-state index in [0.29, 0.717) is 19.1 Å². The Hall–Kier alpha value is -2.23. The number of phosphoric acid groups is 1. The fourth-order valence-electron chi connectivity index (χ4n) is 3.55. The average Bonchev–Trinajstić information content (AvgIpc) is 3.39. The molecule has 2 saturated heterocycles. The van der Waals surface area contributed by atoms with Gasteiger partial charge in [0.25, 0.3) is 5.56 Å². The first-order valence-electron chi connectivity index (χ1n) is 9.33. The number of nitrogens with one attached hydrogen (secondary N) is 1. The van der Waals surface area contributed by atoms with Gasteiger partial charge in [-0.15, -0.1) is 0 Å². The van der Waals surface area contributed by atoms with E-state index in [-0.39, 0.29) is 23.7 Å². The number of hydrogen-bond acceptors (Lipinski definition) is 12. The van der Waals surface area contributed by atoms with Crippen LogP contribution >= 0.6 is 7.82 Å². The Morgan fingerprint density at radius 3 is 2.94 bits per heavy atom. The highest BCUT2D eigenvalue weighted by molar-refractivity contribution is 7.47. The highest BCUT2D eigenvalue weighted by Gasteiger charge is 2.46. The first-order chi connectivity index (χ1) is 14.7. The molecule has 4 heterocycles. The van der Waals surface area contributed by atoms with Crippen LogP contribution < -0.4 is 11.3 Å². The van der Waals surface area contributed by atoms with Crippen LogP contribution in [0.15, 0.2) is 11.1 Å². The van der Waals surface area contributed by atoms with Crippen molar-refractivity contribution in [2.75, 3.05) is 18.9 Å². The van der Waals surface area contributed by atoms with E-state index < -0.39 is 50.6 Å². The van der Waals surface area contributed by atoms with E-state index in [2.05, 4.69) is 15.0 Å². The third-order valence-corrected chi connectivity index (χ3v) is 5.97. The number of H-pyrrole nitrogens is 1. The highest BCUT2D eigenvalue weighted by atomic mass is 31.2. The summed E-state index contributed by atoms with van der Waals surface area (Å²) in [4.78, 5) is 43.0. The molecule has 170 valence electrons. The van der Waals surface area contributed by atoms with Gasteiger partial charge in [-0.2, -0.15) is 14.7 Å². The number of hydrogen-bond donors (Lipinski definition) is 5. The topological polar surface area (TPSA) is 215 Å². The molecule has 6 N–H and O–H groups in total. The molecule has 4 rings (SSSR count). The van der Waals surface area contributed by atoms with Crippen molar-refractivity contribution in [1.82, 2.24) is 24.6 Å². The third kappa shape index (κ3) is 4.26. The van der Waals surface area contributed by atoms with E-state index in [1.54, 1.807) is 0 Å². The zero-order chi connectivity index (χ0) is 22.3. The quantitative estimate of drug-likeness (QED) is 0.224. The molecule has 2 aliphatic heterocycles. The maximum Gasteiger partial charge on any atom is 0.489 e. The lowest BCUT2D eigenvalue weighted by Crippen LogP contribution is -2.34. The number of aldehydes is 1. The molecule has 0 spiro atoms. The first kappa shape index (κ1) is 22.0. The summed E-state index contributed by atoms with van der Waals surface area (Å²) in [7, 11) is -4.62. The van der Waals surface area contributed by atoms with Gasteiger partial charge in [-0.05, 0) is 12.8 Å². The Balaban J connectivity index is 1.45. The third-order valence-electron chi connectivity index (χ3n) is 5.08. The summed E-state index contributed by atoms with van der Waals surface area (Å²) in [6.45, 7) is -0.325. The SMILES string of the molecule is Nc1nc2c(ncn2[C@@H]2O[C@H](COP(=O)(O)ON3CCC[C@H]3C=O)[C@H](O)C2O)c(=O)[nH]1. The molecule has 16 heteroatoms. The molecule has 2 fully saturated rings. The number of carbonyl (C=O) groups excluding carboxylic acids is 1. The van der Waals surface area contributed by atoms with Crippen LogP contribution in [-0.2, 0) is 23.2 Å². The summed E-state index contributed by atoms with van der Waals surface area (Å²) in [5.41, 5.74) is 4.91. The minimum Gasteiger partial charge on any atom is -0.387 e. The molecule has 0 aliphatic carbocycles. The number of rotatable bonds is 7. The molecule has 2 aliphatic rings. The number of aromatic nitrogens is 4. The Bertz CT molecular complexity index is 1070. The van der Waals surface area contributed by atoms with Gasteiger partial charge in [0.05, 0.1) is 19.0 Å². The summed E-state index contributed by atoms with van der Waals surface area (Å²) >= 11 is 0. The summed E-state index contributed by atoms with van der Waals surface area (Å²) in [5.74, 6) is -0.180. The van der Waals surface area contributed by atoms with Crippen LogP contribution in [-0.4, -0.2) is 83.5 Å². The molecule has 0 amide bonds. The predicted molar refractivity (Wildman–Crippen MR) is 101 cm³/mol. The lowest BCUT2D eigenvalue weighted by molar-refractivity contribution is -0.131. The van der Waals surface area contributed by atoms with E-state index in [4.69, 9.17) is 19.6 Å². The van der Waals surface area contributed by atoms with Gasteiger partial charge in [-0.25, -0.2) is 9.55 Å². The average molecular weight is 460 g/mol. The second-order valence-electron chi connectivity index (χ2n) is 7.15. The number of carbonyl (C=O) groups is 1. The van der Waals surface area contributed by atoms with Crippen molar-refractivity contribution in [1.29, 1.82) is 0 Å². The van der Waals surface area contributed by atoms with Crippen molar-refractivity contribution >= 4 is 31.2 Å². The predicted octanol–water partition coefficient (Wildman–Crippen LogP) is -1.97. The maximum atomic E-state index is 12.2. The van der Waals surface area contributed by atoms with Crippen LogP contribution in [0.5, 0.6) is 0 Å². The molecule has 6 atom stereocenters. The van der Waals surface area contributed by atoms with Crippen LogP contribution in [0.3, 0.4) is 0 Å². The summed E-state index contributed by atoms with van der Waals surface area (Å²) in [6.07, 6.45) is -2.55. The number of aromatic amines is 1. The zero-order valence-corrected chi connectivity index (χ0v) is 16.9. The van der Waals surface area contributed by atoms with E-state index in [0.717, 1.165) is 5.06 Å². The number of aliphatic hydroxyl groups is 2. The van der Waals surface area contributed by atoms with Gasteiger partial charge in [0.15, 0.2) is 17.4 Å². The van der Waals surface area contributed by atoms with E-state index >= 15 is 0 Å². The smallest absolute Gasteiger partial charge is 0.387 e. The number of ether oxygens (including phenoxy) is 1. The molecule has 2 aromatic rings.